The summed E-state index contributed by atoms with van der Waals surface area (Å²) in [6.45, 7) is 2.02. The Morgan fingerprint density at radius 1 is 1.00 bits per heavy atom. The van der Waals surface area contributed by atoms with Crippen LogP contribution in [0.4, 0.5) is 0 Å². The van der Waals surface area contributed by atoms with E-state index in [4.69, 9.17) is 0 Å². The lowest BCUT2D eigenvalue weighted by Crippen LogP contribution is -2.42. The van der Waals surface area contributed by atoms with Gasteiger partial charge in [0.05, 0.1) is 5.75 Å². The predicted octanol–water partition coefficient (Wildman–Crippen LogP) is 3.15. The number of hydrogen-bond donors (Lipinski definition) is 2. The minimum atomic E-state index is -0.329. The maximum Gasteiger partial charge on any atom is 0.269 e. The Hall–Kier alpha value is -1.54. The van der Waals surface area contributed by atoms with Crippen LogP contribution in [-0.4, -0.2) is 17.6 Å². The zero-order valence-electron chi connectivity index (χ0n) is 11.9. The number of hydrazine groups is 1. The van der Waals surface area contributed by atoms with Crippen molar-refractivity contribution >= 4 is 46.2 Å². The van der Waals surface area contributed by atoms with Gasteiger partial charge in [0.15, 0.2) is 0 Å². The third-order valence-electron chi connectivity index (χ3n) is 2.81. The summed E-state index contributed by atoms with van der Waals surface area (Å²) >= 11 is 3.59. The van der Waals surface area contributed by atoms with Crippen molar-refractivity contribution < 1.29 is 9.59 Å². The van der Waals surface area contributed by atoms with E-state index in [-0.39, 0.29) is 17.6 Å². The van der Waals surface area contributed by atoms with Crippen molar-refractivity contribution in [2.75, 3.05) is 5.75 Å². The van der Waals surface area contributed by atoms with Crippen molar-refractivity contribution in [3.05, 3.63) is 63.2 Å². The predicted molar refractivity (Wildman–Crippen MR) is 96.7 cm³/mol. The van der Waals surface area contributed by atoms with Crippen LogP contribution in [0.1, 0.15) is 15.9 Å². The first-order valence-corrected chi connectivity index (χ1v) is 8.65. The second-order valence-corrected chi connectivity index (χ2v) is 6.91. The summed E-state index contributed by atoms with van der Waals surface area (Å²) in [5, 5.41) is 0. The van der Waals surface area contributed by atoms with Crippen molar-refractivity contribution in [1.29, 1.82) is 0 Å². The largest absolute Gasteiger partial charge is 0.272 e. The van der Waals surface area contributed by atoms with Gasteiger partial charge in [-0.3, -0.25) is 20.4 Å². The molecule has 0 radical (unpaired) electrons. The lowest BCUT2D eigenvalue weighted by Gasteiger charge is -2.07. The lowest BCUT2D eigenvalue weighted by atomic mass is 10.2. The molecule has 0 aliphatic rings. The summed E-state index contributed by atoms with van der Waals surface area (Å²) in [7, 11) is 0. The third kappa shape index (κ3) is 5.34. The van der Waals surface area contributed by atoms with Crippen molar-refractivity contribution in [1.82, 2.24) is 10.9 Å². The average Bonchev–Trinajstić information content (AvgIpc) is 2.52. The van der Waals surface area contributed by atoms with Crippen LogP contribution in [0.5, 0.6) is 0 Å². The quantitative estimate of drug-likeness (QED) is 0.449. The molecule has 6 heteroatoms. The Balaban J connectivity index is 1.76. The van der Waals surface area contributed by atoms with Gasteiger partial charge in [-0.25, -0.2) is 0 Å². The van der Waals surface area contributed by atoms with Crippen LogP contribution in [0, 0.1) is 10.5 Å². The van der Waals surface area contributed by atoms with E-state index in [1.165, 1.54) is 17.3 Å². The Labute approximate surface area is 147 Å². The van der Waals surface area contributed by atoms with Gasteiger partial charge in [-0.05, 0) is 65.9 Å². The number of hydrogen-bond acceptors (Lipinski definition) is 3. The minimum Gasteiger partial charge on any atom is -0.272 e. The van der Waals surface area contributed by atoms with Gasteiger partial charge >= 0.3 is 0 Å². The van der Waals surface area contributed by atoms with E-state index in [1.807, 2.05) is 43.3 Å². The van der Waals surface area contributed by atoms with E-state index in [2.05, 4.69) is 33.4 Å². The van der Waals surface area contributed by atoms with Crippen LogP contribution < -0.4 is 10.9 Å². The van der Waals surface area contributed by atoms with E-state index in [0.29, 0.717) is 5.56 Å². The number of benzene rings is 2. The van der Waals surface area contributed by atoms with Gasteiger partial charge in [0.1, 0.15) is 0 Å². The molecule has 0 bridgehead atoms. The number of halogens is 1. The first-order valence-electron chi connectivity index (χ1n) is 6.59. The van der Waals surface area contributed by atoms with Crippen LogP contribution >= 0.6 is 34.4 Å². The molecule has 22 heavy (non-hydrogen) atoms. The molecule has 0 fully saturated rings. The number of thioether (sulfide) groups is 1. The fourth-order valence-corrected chi connectivity index (χ4v) is 2.68. The SMILES string of the molecule is Cc1ccc(SCC(=O)NNC(=O)c2ccc(I)cc2)cc1. The number of nitrogens with one attached hydrogen (secondary N) is 2. The Bertz CT molecular complexity index is 657. The van der Waals surface area contributed by atoms with E-state index >= 15 is 0 Å². The maximum atomic E-state index is 11.8. The zero-order valence-corrected chi connectivity index (χ0v) is 14.9. The number of carbonyl (C=O) groups excluding carboxylic acids is 2. The van der Waals surface area contributed by atoms with Crippen LogP contribution in [0.25, 0.3) is 0 Å². The molecule has 2 amide bonds. The summed E-state index contributed by atoms with van der Waals surface area (Å²) in [5.74, 6) is -0.328. The maximum absolute atomic E-state index is 11.8. The monoisotopic (exact) mass is 426 g/mol. The average molecular weight is 426 g/mol. The third-order valence-corrected chi connectivity index (χ3v) is 4.54. The van der Waals surface area contributed by atoms with Crippen molar-refractivity contribution in [3.8, 4) is 0 Å². The van der Waals surface area contributed by atoms with Crippen molar-refractivity contribution in [2.45, 2.75) is 11.8 Å². The molecule has 0 atom stereocenters. The summed E-state index contributed by atoms with van der Waals surface area (Å²) in [6, 6.07) is 15.0. The summed E-state index contributed by atoms with van der Waals surface area (Å²) in [5.41, 5.74) is 6.51. The summed E-state index contributed by atoms with van der Waals surface area (Å²) in [6.07, 6.45) is 0. The molecule has 0 spiro atoms. The standard InChI is InChI=1S/C16H15IN2O2S/c1-11-2-8-14(9-3-11)22-10-15(20)18-19-16(21)12-4-6-13(17)7-5-12/h2-9H,10H2,1H3,(H,18,20)(H,19,21). The topological polar surface area (TPSA) is 58.2 Å². The Morgan fingerprint density at radius 2 is 1.64 bits per heavy atom. The highest BCUT2D eigenvalue weighted by atomic mass is 127. The molecule has 0 heterocycles. The molecular weight excluding hydrogens is 411 g/mol. The fourth-order valence-electron chi connectivity index (χ4n) is 1.62. The Kier molecular flexibility index (Phi) is 6.26. The molecule has 0 saturated heterocycles. The van der Waals surface area contributed by atoms with Gasteiger partial charge < -0.3 is 0 Å². The van der Waals surface area contributed by atoms with Gasteiger partial charge in [-0.1, -0.05) is 17.7 Å². The lowest BCUT2D eigenvalue weighted by molar-refractivity contribution is -0.119. The highest BCUT2D eigenvalue weighted by Crippen LogP contribution is 2.17. The smallest absolute Gasteiger partial charge is 0.269 e. The van der Waals surface area contributed by atoms with Crippen LogP contribution in [0.3, 0.4) is 0 Å². The molecule has 0 aliphatic carbocycles. The van der Waals surface area contributed by atoms with Gasteiger partial charge in [0.25, 0.3) is 5.91 Å². The normalized spacial score (nSPS) is 10.1. The molecule has 114 valence electrons. The second-order valence-electron chi connectivity index (χ2n) is 4.61. The molecule has 2 aromatic rings. The molecule has 0 aromatic heterocycles. The van der Waals surface area contributed by atoms with Crippen LogP contribution in [0.2, 0.25) is 0 Å². The first kappa shape index (κ1) is 16.8. The molecule has 0 saturated carbocycles. The molecule has 0 unspecified atom stereocenters. The molecule has 2 aromatic carbocycles. The zero-order chi connectivity index (χ0) is 15.9. The minimum absolute atomic E-state index is 0.246. The van der Waals surface area contributed by atoms with Gasteiger partial charge in [-0.15, -0.1) is 11.8 Å². The van der Waals surface area contributed by atoms with E-state index in [1.54, 1.807) is 12.1 Å². The van der Waals surface area contributed by atoms with Crippen LogP contribution in [-0.2, 0) is 4.79 Å². The number of rotatable bonds is 4. The van der Waals surface area contributed by atoms with Gasteiger partial charge in [0.2, 0.25) is 5.91 Å². The van der Waals surface area contributed by atoms with E-state index in [0.717, 1.165) is 8.47 Å². The highest BCUT2D eigenvalue weighted by molar-refractivity contribution is 14.1. The molecule has 2 N–H and O–H groups in total. The molecule has 2 rings (SSSR count). The van der Waals surface area contributed by atoms with Crippen molar-refractivity contribution in [2.24, 2.45) is 0 Å². The number of carbonyl (C=O) groups is 2. The van der Waals surface area contributed by atoms with E-state index in [9.17, 15) is 9.59 Å². The van der Waals surface area contributed by atoms with Gasteiger partial charge in [0, 0.05) is 14.0 Å². The van der Waals surface area contributed by atoms with E-state index < -0.39 is 0 Å². The molecule has 4 nitrogen and oxygen atoms in total. The molecule has 0 aliphatic heterocycles. The number of aryl methyl sites for hydroxylation is 1. The highest BCUT2D eigenvalue weighted by Gasteiger charge is 2.07. The Morgan fingerprint density at radius 3 is 2.27 bits per heavy atom. The van der Waals surface area contributed by atoms with Gasteiger partial charge in [-0.2, -0.15) is 0 Å². The fraction of sp³-hybridized carbons (Fsp3) is 0.125. The summed E-state index contributed by atoms with van der Waals surface area (Å²) < 4.78 is 1.05. The first-order chi connectivity index (χ1) is 10.5. The molecular formula is C16H15IN2O2S. The summed E-state index contributed by atoms with van der Waals surface area (Å²) in [4.78, 5) is 24.6. The number of amides is 2. The second kappa shape index (κ2) is 8.19. The van der Waals surface area contributed by atoms with Crippen LogP contribution in [0.15, 0.2) is 53.4 Å². The van der Waals surface area contributed by atoms with Crippen molar-refractivity contribution in [3.63, 3.8) is 0 Å².